The molecule has 1 amide bonds. The monoisotopic (exact) mass is 238 g/mol. The molecule has 3 heteroatoms. The molecule has 0 aromatic carbocycles. The van der Waals surface area contributed by atoms with Gasteiger partial charge in [0.05, 0.1) is 5.41 Å². The second-order valence-corrected chi connectivity index (χ2v) is 6.34. The Bertz CT molecular complexity index is 282. The maximum Gasteiger partial charge on any atom is 0.229 e. The Kier molecular flexibility index (Phi) is 3.76. The molecule has 0 radical (unpaired) electrons. The van der Waals surface area contributed by atoms with Crippen molar-refractivity contribution in [1.29, 1.82) is 0 Å². The minimum atomic E-state index is -0.388. The lowest BCUT2D eigenvalue weighted by atomic mass is 9.89. The molecule has 2 rings (SSSR count). The minimum Gasteiger partial charge on any atom is -0.339 e. The number of nitrogens with two attached hydrogens (primary N) is 1. The van der Waals surface area contributed by atoms with Crippen LogP contribution in [0.15, 0.2) is 0 Å². The predicted molar refractivity (Wildman–Crippen MR) is 69.5 cm³/mol. The van der Waals surface area contributed by atoms with Gasteiger partial charge in [-0.05, 0) is 45.4 Å². The van der Waals surface area contributed by atoms with Gasteiger partial charge in [0, 0.05) is 19.1 Å². The number of carbonyl (C=O) groups excluding carboxylic acids is 1. The highest BCUT2D eigenvalue weighted by molar-refractivity contribution is 5.82. The van der Waals surface area contributed by atoms with Crippen LogP contribution in [0.1, 0.15) is 52.4 Å². The van der Waals surface area contributed by atoms with Crippen molar-refractivity contribution in [3.05, 3.63) is 0 Å². The molecule has 17 heavy (non-hydrogen) atoms. The summed E-state index contributed by atoms with van der Waals surface area (Å²) in [6.45, 7) is 5.34. The smallest absolute Gasteiger partial charge is 0.229 e. The number of amides is 1. The van der Waals surface area contributed by atoms with Crippen molar-refractivity contribution in [2.75, 3.05) is 13.1 Å². The molecule has 1 heterocycles. The summed E-state index contributed by atoms with van der Waals surface area (Å²) in [4.78, 5) is 14.7. The Hall–Kier alpha value is -0.570. The molecule has 1 atom stereocenters. The van der Waals surface area contributed by atoms with Gasteiger partial charge in [-0.3, -0.25) is 4.79 Å². The lowest BCUT2D eigenvalue weighted by molar-refractivity contribution is -0.141. The van der Waals surface area contributed by atoms with Crippen LogP contribution in [-0.4, -0.2) is 29.9 Å². The van der Waals surface area contributed by atoms with Gasteiger partial charge in [-0.1, -0.05) is 12.8 Å². The maximum atomic E-state index is 12.5. The molecule has 2 fully saturated rings. The molecular formula is C14H26N2O. The van der Waals surface area contributed by atoms with Crippen LogP contribution >= 0.6 is 0 Å². The molecule has 2 N–H and O–H groups in total. The van der Waals surface area contributed by atoms with Gasteiger partial charge in [0.2, 0.25) is 5.91 Å². The van der Waals surface area contributed by atoms with Crippen LogP contribution in [-0.2, 0) is 4.79 Å². The Morgan fingerprint density at radius 1 is 1.24 bits per heavy atom. The van der Waals surface area contributed by atoms with E-state index < -0.39 is 0 Å². The van der Waals surface area contributed by atoms with E-state index in [4.69, 9.17) is 5.73 Å². The number of rotatable bonds is 3. The van der Waals surface area contributed by atoms with E-state index in [0.29, 0.717) is 12.6 Å². The predicted octanol–water partition coefficient (Wildman–Crippen LogP) is 2.15. The van der Waals surface area contributed by atoms with Crippen LogP contribution in [0.3, 0.4) is 0 Å². The lowest BCUT2D eigenvalue weighted by Crippen LogP contribution is -2.48. The normalized spacial score (nSPS) is 26.8. The highest BCUT2D eigenvalue weighted by Crippen LogP contribution is 2.37. The van der Waals surface area contributed by atoms with E-state index in [-0.39, 0.29) is 11.3 Å². The van der Waals surface area contributed by atoms with Crippen molar-refractivity contribution in [2.24, 2.45) is 17.1 Å². The number of carbonyl (C=O) groups is 1. The van der Waals surface area contributed by atoms with Crippen LogP contribution in [0.25, 0.3) is 0 Å². The maximum absolute atomic E-state index is 12.5. The van der Waals surface area contributed by atoms with Gasteiger partial charge >= 0.3 is 0 Å². The van der Waals surface area contributed by atoms with Gasteiger partial charge in [-0.2, -0.15) is 0 Å². The Morgan fingerprint density at radius 3 is 2.47 bits per heavy atom. The van der Waals surface area contributed by atoms with Crippen LogP contribution in [0.2, 0.25) is 0 Å². The molecular weight excluding hydrogens is 212 g/mol. The third-order valence-electron chi connectivity index (χ3n) is 4.59. The zero-order valence-corrected chi connectivity index (χ0v) is 11.2. The van der Waals surface area contributed by atoms with E-state index in [1.165, 1.54) is 38.5 Å². The first kappa shape index (κ1) is 12.9. The zero-order chi connectivity index (χ0) is 12.5. The highest BCUT2D eigenvalue weighted by atomic mass is 16.2. The van der Waals surface area contributed by atoms with E-state index in [2.05, 4.69) is 4.90 Å². The first-order chi connectivity index (χ1) is 8.06. The van der Waals surface area contributed by atoms with Gasteiger partial charge in [-0.15, -0.1) is 0 Å². The summed E-state index contributed by atoms with van der Waals surface area (Å²) in [7, 11) is 0. The van der Waals surface area contributed by atoms with Gasteiger partial charge in [0.1, 0.15) is 0 Å². The standard InChI is InChI=1S/C14H26N2O/c1-14(2,10-15)13(17)16-9-5-8-12(16)11-6-3-4-7-11/h11-12H,3-10,15H2,1-2H3. The Morgan fingerprint density at radius 2 is 1.88 bits per heavy atom. The quantitative estimate of drug-likeness (QED) is 0.819. The number of hydrogen-bond acceptors (Lipinski definition) is 2. The SMILES string of the molecule is CC(C)(CN)C(=O)N1CCCC1C1CCCC1. The van der Waals surface area contributed by atoms with Crippen molar-refractivity contribution >= 4 is 5.91 Å². The Balaban J connectivity index is 2.06. The van der Waals surface area contributed by atoms with E-state index in [0.717, 1.165) is 12.5 Å². The van der Waals surface area contributed by atoms with E-state index in [1.807, 2.05) is 13.8 Å². The third-order valence-corrected chi connectivity index (χ3v) is 4.59. The van der Waals surface area contributed by atoms with Crippen molar-refractivity contribution in [3.8, 4) is 0 Å². The summed E-state index contributed by atoms with van der Waals surface area (Å²) in [6, 6.07) is 0.510. The fourth-order valence-corrected chi connectivity index (χ4v) is 3.35. The fourth-order valence-electron chi connectivity index (χ4n) is 3.35. The summed E-state index contributed by atoms with van der Waals surface area (Å²) < 4.78 is 0. The first-order valence-corrected chi connectivity index (χ1v) is 7.07. The van der Waals surface area contributed by atoms with Crippen molar-refractivity contribution in [3.63, 3.8) is 0 Å². The van der Waals surface area contributed by atoms with Gasteiger partial charge in [0.15, 0.2) is 0 Å². The largest absolute Gasteiger partial charge is 0.339 e. The van der Waals surface area contributed by atoms with Crippen LogP contribution in [0.5, 0.6) is 0 Å². The summed E-state index contributed by atoms with van der Waals surface area (Å²) in [5, 5.41) is 0. The van der Waals surface area contributed by atoms with Crippen molar-refractivity contribution < 1.29 is 4.79 Å². The average molecular weight is 238 g/mol. The number of likely N-dealkylation sites (tertiary alicyclic amines) is 1. The topological polar surface area (TPSA) is 46.3 Å². The summed E-state index contributed by atoms with van der Waals surface area (Å²) in [5.41, 5.74) is 5.34. The fraction of sp³-hybridized carbons (Fsp3) is 0.929. The van der Waals surface area contributed by atoms with Crippen LogP contribution in [0.4, 0.5) is 0 Å². The Labute approximate surface area is 105 Å². The molecule has 0 bridgehead atoms. The molecule has 0 spiro atoms. The molecule has 1 saturated carbocycles. The molecule has 3 nitrogen and oxygen atoms in total. The molecule has 1 aliphatic heterocycles. The minimum absolute atomic E-state index is 0.273. The number of nitrogens with zero attached hydrogens (tertiary/aromatic N) is 1. The van der Waals surface area contributed by atoms with Crippen LogP contribution in [0, 0.1) is 11.3 Å². The zero-order valence-electron chi connectivity index (χ0n) is 11.2. The van der Waals surface area contributed by atoms with Crippen LogP contribution < -0.4 is 5.73 Å². The second-order valence-electron chi connectivity index (χ2n) is 6.34. The van der Waals surface area contributed by atoms with Gasteiger partial charge in [-0.25, -0.2) is 0 Å². The molecule has 0 aromatic rings. The van der Waals surface area contributed by atoms with Gasteiger partial charge < -0.3 is 10.6 Å². The van der Waals surface area contributed by atoms with Crippen molar-refractivity contribution in [2.45, 2.75) is 58.4 Å². The van der Waals surface area contributed by atoms with Crippen molar-refractivity contribution in [1.82, 2.24) is 4.90 Å². The van der Waals surface area contributed by atoms with E-state index in [1.54, 1.807) is 0 Å². The lowest BCUT2D eigenvalue weighted by Gasteiger charge is -2.35. The third kappa shape index (κ3) is 2.49. The van der Waals surface area contributed by atoms with E-state index >= 15 is 0 Å². The average Bonchev–Trinajstić information content (AvgIpc) is 2.97. The van der Waals surface area contributed by atoms with E-state index in [9.17, 15) is 4.79 Å². The molecule has 0 aromatic heterocycles. The molecule has 1 aliphatic carbocycles. The highest BCUT2D eigenvalue weighted by Gasteiger charge is 2.40. The summed E-state index contributed by atoms with van der Waals surface area (Å²) >= 11 is 0. The molecule has 1 unspecified atom stereocenters. The summed E-state index contributed by atoms with van der Waals surface area (Å²) in [6.07, 6.45) is 7.71. The molecule has 2 aliphatic rings. The summed E-state index contributed by atoms with van der Waals surface area (Å²) in [5.74, 6) is 1.03. The molecule has 98 valence electrons. The number of hydrogen-bond donors (Lipinski definition) is 1. The second kappa shape index (κ2) is 4.97. The van der Waals surface area contributed by atoms with Gasteiger partial charge in [0.25, 0.3) is 0 Å². The molecule has 1 saturated heterocycles. The first-order valence-electron chi connectivity index (χ1n) is 7.07.